The molecule has 0 radical (unpaired) electrons. The quantitative estimate of drug-likeness (QED) is 0.385. The van der Waals surface area contributed by atoms with Crippen molar-refractivity contribution < 1.29 is 0 Å². The smallest absolute Gasteiger partial charge is 0.00445 e. The molecule has 0 spiro atoms. The largest absolute Gasteiger partial charge is 0.0996 e. The summed E-state index contributed by atoms with van der Waals surface area (Å²) >= 11 is 0. The van der Waals surface area contributed by atoms with Crippen LogP contribution in [0, 0.1) is 40.4 Å². The minimum Gasteiger partial charge on any atom is -0.0996 e. The molecule has 0 amide bonds. The van der Waals surface area contributed by atoms with Gasteiger partial charge in [0.2, 0.25) is 0 Å². The average Bonchev–Trinajstić information content (AvgIpc) is 3.05. The van der Waals surface area contributed by atoms with Gasteiger partial charge in [0.05, 0.1) is 0 Å². The Bertz CT molecular complexity index is 706. The Morgan fingerprint density at radius 2 is 1.81 bits per heavy atom. The molecular formula is C31H52. The predicted molar refractivity (Wildman–Crippen MR) is 138 cm³/mol. The van der Waals surface area contributed by atoms with Gasteiger partial charge in [-0.1, -0.05) is 91.2 Å². The minimum atomic E-state index is 0.436. The van der Waals surface area contributed by atoms with E-state index in [1.807, 2.05) is 19.4 Å². The predicted octanol–water partition coefficient (Wildman–Crippen LogP) is 9.92. The maximum absolute atomic E-state index is 4.77. The zero-order chi connectivity index (χ0) is 23.0. The summed E-state index contributed by atoms with van der Waals surface area (Å²) in [6.07, 6.45) is 15.3. The molecule has 6 unspecified atom stereocenters. The van der Waals surface area contributed by atoms with Crippen LogP contribution in [0.15, 0.2) is 35.5 Å². The second-order valence-electron chi connectivity index (χ2n) is 12.1. The molecule has 0 aromatic rings. The molecule has 2 saturated carbocycles. The van der Waals surface area contributed by atoms with Crippen LogP contribution in [0.25, 0.3) is 0 Å². The van der Waals surface area contributed by atoms with Crippen LogP contribution in [0.3, 0.4) is 0 Å². The SMILES string of the molecule is C=C1CC2(C)C(CCCC(=C)C(C)C)CCC2C2=C1C1(C)CCCCC1CC2C.CC. The molecule has 2 fully saturated rings. The van der Waals surface area contributed by atoms with Gasteiger partial charge in [0.15, 0.2) is 0 Å². The van der Waals surface area contributed by atoms with Crippen molar-refractivity contribution in [2.24, 2.45) is 40.4 Å². The highest BCUT2D eigenvalue weighted by Crippen LogP contribution is 2.67. The van der Waals surface area contributed by atoms with Gasteiger partial charge in [0, 0.05) is 0 Å². The molecule has 0 heterocycles. The molecule has 0 aliphatic heterocycles. The normalized spacial score (nSPS) is 39.4. The summed E-state index contributed by atoms with van der Waals surface area (Å²) in [5, 5.41) is 0. The zero-order valence-corrected chi connectivity index (χ0v) is 22.1. The van der Waals surface area contributed by atoms with Crippen LogP contribution in [0.4, 0.5) is 0 Å². The van der Waals surface area contributed by atoms with Gasteiger partial charge in [-0.2, -0.15) is 0 Å². The molecular weight excluding hydrogens is 372 g/mol. The van der Waals surface area contributed by atoms with E-state index in [4.69, 9.17) is 6.58 Å². The van der Waals surface area contributed by atoms with E-state index < -0.39 is 0 Å². The summed E-state index contributed by atoms with van der Waals surface area (Å²) < 4.78 is 0. The van der Waals surface area contributed by atoms with E-state index in [0.717, 1.165) is 23.7 Å². The van der Waals surface area contributed by atoms with Crippen LogP contribution < -0.4 is 0 Å². The first-order valence-corrected chi connectivity index (χ1v) is 13.8. The number of rotatable bonds is 5. The molecule has 0 bridgehead atoms. The summed E-state index contributed by atoms with van der Waals surface area (Å²) in [6.45, 7) is 25.5. The zero-order valence-electron chi connectivity index (χ0n) is 22.1. The van der Waals surface area contributed by atoms with E-state index in [1.54, 1.807) is 5.57 Å². The van der Waals surface area contributed by atoms with E-state index in [0.29, 0.717) is 16.7 Å². The van der Waals surface area contributed by atoms with Crippen LogP contribution in [-0.2, 0) is 0 Å². The lowest BCUT2D eigenvalue weighted by Gasteiger charge is -2.56. The second-order valence-corrected chi connectivity index (χ2v) is 12.1. The number of fused-ring (bicyclic) bond motifs is 4. The van der Waals surface area contributed by atoms with E-state index in [9.17, 15) is 0 Å². The molecule has 6 atom stereocenters. The van der Waals surface area contributed by atoms with Crippen molar-refractivity contribution >= 4 is 0 Å². The minimum absolute atomic E-state index is 0.436. The fraction of sp³-hybridized carbons (Fsp3) is 0.806. The lowest BCUT2D eigenvalue weighted by atomic mass is 9.48. The topological polar surface area (TPSA) is 0 Å². The Morgan fingerprint density at radius 1 is 1.10 bits per heavy atom. The third-order valence-corrected chi connectivity index (χ3v) is 10.2. The molecule has 176 valence electrons. The highest BCUT2D eigenvalue weighted by atomic mass is 14.6. The maximum atomic E-state index is 4.77. The maximum Gasteiger partial charge on any atom is -0.00445 e. The van der Waals surface area contributed by atoms with E-state index in [2.05, 4.69) is 41.2 Å². The Kier molecular flexibility index (Phi) is 7.70. The summed E-state index contributed by atoms with van der Waals surface area (Å²) in [7, 11) is 0. The van der Waals surface area contributed by atoms with Crippen LogP contribution in [0.1, 0.15) is 119 Å². The lowest BCUT2D eigenvalue weighted by molar-refractivity contribution is 0.0831. The van der Waals surface area contributed by atoms with Crippen molar-refractivity contribution in [3.05, 3.63) is 35.5 Å². The van der Waals surface area contributed by atoms with Crippen molar-refractivity contribution in [3.63, 3.8) is 0 Å². The summed E-state index contributed by atoms with van der Waals surface area (Å²) in [6, 6.07) is 0. The van der Waals surface area contributed by atoms with Crippen LogP contribution in [0.5, 0.6) is 0 Å². The van der Waals surface area contributed by atoms with Crippen molar-refractivity contribution in [2.45, 2.75) is 119 Å². The van der Waals surface area contributed by atoms with Crippen LogP contribution in [0.2, 0.25) is 0 Å². The number of allylic oxidation sites excluding steroid dienone is 4. The van der Waals surface area contributed by atoms with Gasteiger partial charge in [0.1, 0.15) is 0 Å². The number of hydrogen-bond acceptors (Lipinski definition) is 0. The highest BCUT2D eigenvalue weighted by molar-refractivity contribution is 5.48. The second kappa shape index (κ2) is 9.61. The Labute approximate surface area is 195 Å². The summed E-state index contributed by atoms with van der Waals surface area (Å²) in [4.78, 5) is 0. The lowest BCUT2D eigenvalue weighted by Crippen LogP contribution is -2.46. The van der Waals surface area contributed by atoms with Crippen molar-refractivity contribution in [1.29, 1.82) is 0 Å². The molecule has 4 aliphatic carbocycles. The molecule has 0 N–H and O–H groups in total. The van der Waals surface area contributed by atoms with Crippen molar-refractivity contribution in [1.82, 2.24) is 0 Å². The third kappa shape index (κ3) is 4.27. The van der Waals surface area contributed by atoms with E-state index in [-0.39, 0.29) is 0 Å². The Balaban J connectivity index is 0.00000132. The first kappa shape index (κ1) is 24.9. The monoisotopic (exact) mass is 424 g/mol. The molecule has 4 rings (SSSR count). The van der Waals surface area contributed by atoms with Crippen LogP contribution >= 0.6 is 0 Å². The summed E-state index contributed by atoms with van der Waals surface area (Å²) in [5.74, 6) is 4.03. The van der Waals surface area contributed by atoms with Gasteiger partial charge in [-0.3, -0.25) is 0 Å². The average molecular weight is 425 g/mol. The summed E-state index contributed by atoms with van der Waals surface area (Å²) in [5.41, 5.74) is 7.56. The molecule has 0 aromatic heterocycles. The van der Waals surface area contributed by atoms with Crippen molar-refractivity contribution in [2.75, 3.05) is 0 Å². The van der Waals surface area contributed by atoms with Gasteiger partial charge in [-0.05, 0) is 104 Å². The standard InChI is InChI=1S/C29H46.C2H6/c1-19(2)20(3)11-10-13-23-14-15-25-26-21(4)17-24-12-8-9-16-28(24,6)27(26)22(5)18-29(23,25)7;1-2/h19,21,23-25H,3,5,8-18H2,1-2,4,6-7H3;1-2H3. The molecule has 0 nitrogen and oxygen atoms in total. The molecule has 4 aliphatic rings. The van der Waals surface area contributed by atoms with E-state index >= 15 is 0 Å². The molecule has 31 heavy (non-hydrogen) atoms. The first-order chi connectivity index (χ1) is 14.7. The molecule has 0 saturated heterocycles. The van der Waals surface area contributed by atoms with Crippen molar-refractivity contribution in [3.8, 4) is 0 Å². The van der Waals surface area contributed by atoms with E-state index in [1.165, 1.54) is 81.8 Å². The van der Waals surface area contributed by atoms with Gasteiger partial charge >= 0.3 is 0 Å². The Hall–Kier alpha value is -0.780. The Morgan fingerprint density at radius 3 is 2.48 bits per heavy atom. The highest BCUT2D eigenvalue weighted by Gasteiger charge is 2.56. The fourth-order valence-corrected chi connectivity index (χ4v) is 8.34. The van der Waals surface area contributed by atoms with Gasteiger partial charge in [0.25, 0.3) is 0 Å². The van der Waals surface area contributed by atoms with Gasteiger partial charge < -0.3 is 0 Å². The van der Waals surface area contributed by atoms with Crippen LogP contribution in [-0.4, -0.2) is 0 Å². The third-order valence-electron chi connectivity index (χ3n) is 10.2. The molecule has 0 heteroatoms. The molecule has 0 aromatic carbocycles. The van der Waals surface area contributed by atoms with Gasteiger partial charge in [-0.15, -0.1) is 0 Å². The van der Waals surface area contributed by atoms with Gasteiger partial charge in [-0.25, -0.2) is 0 Å². The number of hydrogen-bond donors (Lipinski definition) is 0. The first-order valence-electron chi connectivity index (χ1n) is 13.8. The fourth-order valence-electron chi connectivity index (χ4n) is 8.34.